The second-order valence-corrected chi connectivity index (χ2v) is 11.8. The van der Waals surface area contributed by atoms with Crippen molar-refractivity contribution in [1.29, 1.82) is 0 Å². The molecule has 2 amide bonds. The molecular formula is C35H29N5O6S. The molecule has 1 aliphatic carbocycles. The molecule has 12 heteroatoms. The van der Waals surface area contributed by atoms with Crippen LogP contribution in [0.3, 0.4) is 0 Å². The molecule has 1 atom stereocenters. The number of aromatic nitrogens is 1. The molecule has 4 aromatic carbocycles. The van der Waals surface area contributed by atoms with E-state index in [0.29, 0.717) is 27.4 Å². The van der Waals surface area contributed by atoms with Crippen molar-refractivity contribution in [3.63, 3.8) is 0 Å². The van der Waals surface area contributed by atoms with Gasteiger partial charge in [0.05, 0.1) is 29.7 Å². The summed E-state index contributed by atoms with van der Waals surface area (Å²) in [6.45, 7) is 4.54. The minimum Gasteiger partial charge on any atom is -0.497 e. The first-order chi connectivity index (χ1) is 22.6. The van der Waals surface area contributed by atoms with Crippen LogP contribution in [-0.2, 0) is 9.59 Å². The number of nitrogens with one attached hydrogen (secondary N) is 2. The molecule has 11 nitrogen and oxygen atoms in total. The Morgan fingerprint density at radius 1 is 0.851 bits per heavy atom. The van der Waals surface area contributed by atoms with Crippen molar-refractivity contribution in [3.8, 4) is 11.5 Å². The third-order valence-electron chi connectivity index (χ3n) is 7.56. The molecule has 0 bridgehead atoms. The van der Waals surface area contributed by atoms with Crippen molar-refractivity contribution >= 4 is 67.9 Å². The summed E-state index contributed by atoms with van der Waals surface area (Å²) in [6.07, 6.45) is -1.10. The Kier molecular flexibility index (Phi) is 8.59. The maximum Gasteiger partial charge on any atom is 0.221 e. The van der Waals surface area contributed by atoms with Gasteiger partial charge in [-0.15, -0.1) is 10.2 Å². The average molecular weight is 648 g/mol. The Labute approximate surface area is 273 Å². The number of carbonyl (C=O) groups is 4. The summed E-state index contributed by atoms with van der Waals surface area (Å²) in [4.78, 5) is 52.3. The standard InChI is InChI=1S/C35H29N5O6S/c1-18-8-7-9-21(14-18)33(30-31(43)24-10-5-6-11-25(24)32(30)44)46-34-28(36-19(2)41)15-22(16-29(34)37-20(3)42)38-39-35-26-17-23(45-4)12-13-27(26)40-47-35/h5-17,30,33H,1-4H3,(H,36,41)(H,37,42). The van der Waals surface area contributed by atoms with Crippen molar-refractivity contribution in [3.05, 3.63) is 101 Å². The highest BCUT2D eigenvalue weighted by Crippen LogP contribution is 2.45. The summed E-state index contributed by atoms with van der Waals surface area (Å²) >= 11 is 1.16. The number of carbonyl (C=O) groups excluding carboxylic acids is 4. The lowest BCUT2D eigenvalue weighted by Gasteiger charge is -2.27. The number of nitrogens with zero attached hydrogens (tertiary/aromatic N) is 3. The largest absolute Gasteiger partial charge is 0.497 e. The Hall–Kier alpha value is -5.75. The van der Waals surface area contributed by atoms with Crippen LogP contribution in [0.1, 0.15) is 51.8 Å². The Balaban J connectivity index is 1.46. The Bertz CT molecular complexity index is 2030. The second-order valence-electron chi connectivity index (χ2n) is 11.0. The minimum atomic E-state index is -1.21. The van der Waals surface area contributed by atoms with Gasteiger partial charge < -0.3 is 20.1 Å². The molecule has 1 heterocycles. The van der Waals surface area contributed by atoms with Gasteiger partial charge in [-0.3, -0.25) is 19.2 Å². The molecule has 0 saturated carbocycles. The van der Waals surface area contributed by atoms with Gasteiger partial charge in [0.15, 0.2) is 22.3 Å². The number of azo groups is 1. The maximum absolute atomic E-state index is 13.7. The Morgan fingerprint density at radius 2 is 1.51 bits per heavy atom. The number of ether oxygens (including phenoxy) is 2. The summed E-state index contributed by atoms with van der Waals surface area (Å²) < 4.78 is 16.3. The van der Waals surface area contributed by atoms with Crippen molar-refractivity contribution in [2.45, 2.75) is 26.9 Å². The van der Waals surface area contributed by atoms with E-state index in [1.165, 1.54) is 26.0 Å². The molecule has 1 aromatic heterocycles. The van der Waals surface area contributed by atoms with Crippen molar-refractivity contribution < 1.29 is 28.7 Å². The van der Waals surface area contributed by atoms with E-state index in [2.05, 4.69) is 25.2 Å². The molecule has 1 aliphatic rings. The number of aryl methyl sites for hydroxylation is 1. The minimum absolute atomic E-state index is 0.0467. The smallest absolute Gasteiger partial charge is 0.221 e. The van der Waals surface area contributed by atoms with Crippen LogP contribution in [0.4, 0.5) is 22.1 Å². The lowest BCUT2D eigenvalue weighted by molar-refractivity contribution is -0.115. The van der Waals surface area contributed by atoms with Crippen LogP contribution in [0.5, 0.6) is 11.5 Å². The second kappa shape index (κ2) is 12.9. The van der Waals surface area contributed by atoms with Gasteiger partial charge in [-0.2, -0.15) is 4.37 Å². The van der Waals surface area contributed by atoms with Gasteiger partial charge >= 0.3 is 0 Å². The van der Waals surface area contributed by atoms with Crippen LogP contribution in [0.2, 0.25) is 0 Å². The third kappa shape index (κ3) is 6.36. The number of fused-ring (bicyclic) bond motifs is 2. The normalized spacial score (nSPS) is 13.5. The summed E-state index contributed by atoms with van der Waals surface area (Å²) in [5.41, 5.74) is 3.41. The first-order valence-electron chi connectivity index (χ1n) is 14.6. The Morgan fingerprint density at radius 3 is 2.11 bits per heavy atom. The summed E-state index contributed by atoms with van der Waals surface area (Å²) in [5, 5.41) is 15.6. The number of anilines is 2. The SMILES string of the molecule is COc1ccc2nsc(N=Nc3cc(NC(C)=O)c(OC(c4cccc(C)c4)C4C(=O)c5ccccc5C4=O)c(NC(C)=O)c3)c2c1. The van der Waals surface area contributed by atoms with Gasteiger partial charge in [0.25, 0.3) is 0 Å². The molecule has 236 valence electrons. The lowest BCUT2D eigenvalue weighted by Crippen LogP contribution is -2.28. The van der Waals surface area contributed by atoms with Crippen LogP contribution in [0, 0.1) is 12.8 Å². The van der Waals surface area contributed by atoms with E-state index in [9.17, 15) is 19.2 Å². The molecule has 0 aliphatic heterocycles. The molecule has 0 spiro atoms. The number of Topliss-reactive ketones (excluding diaryl/α,β-unsaturated/α-hetero) is 2. The fraction of sp³-hybridized carbons (Fsp3) is 0.171. The number of ketones is 2. The van der Waals surface area contributed by atoms with Crippen LogP contribution in [0.15, 0.2) is 89.1 Å². The number of hydrogen-bond donors (Lipinski definition) is 2. The highest BCUT2D eigenvalue weighted by molar-refractivity contribution is 7.11. The van der Waals surface area contributed by atoms with Crippen LogP contribution in [-0.4, -0.2) is 34.9 Å². The summed E-state index contributed by atoms with van der Waals surface area (Å²) in [6, 6.07) is 22.5. The molecule has 2 N–H and O–H groups in total. The number of benzene rings is 4. The molecule has 0 fully saturated rings. The van der Waals surface area contributed by atoms with Crippen LogP contribution >= 0.6 is 11.5 Å². The third-order valence-corrected chi connectivity index (χ3v) is 8.32. The predicted octanol–water partition coefficient (Wildman–Crippen LogP) is 7.76. The van der Waals surface area contributed by atoms with Gasteiger partial charge in [0.1, 0.15) is 17.8 Å². The van der Waals surface area contributed by atoms with Gasteiger partial charge in [-0.25, -0.2) is 0 Å². The molecule has 0 radical (unpaired) electrons. The van der Waals surface area contributed by atoms with Gasteiger partial charge in [-0.05, 0) is 54.4 Å². The van der Waals surface area contributed by atoms with Crippen molar-refractivity contribution in [2.24, 2.45) is 16.1 Å². The number of amides is 2. The molecule has 1 unspecified atom stereocenters. The average Bonchev–Trinajstić information content (AvgIpc) is 3.56. The van der Waals surface area contributed by atoms with Crippen molar-refractivity contribution in [1.82, 2.24) is 4.37 Å². The molecule has 47 heavy (non-hydrogen) atoms. The van der Waals surface area contributed by atoms with E-state index >= 15 is 0 Å². The quantitative estimate of drug-likeness (QED) is 0.123. The molecule has 6 rings (SSSR count). The maximum atomic E-state index is 13.7. The summed E-state index contributed by atoms with van der Waals surface area (Å²) in [5.74, 6) is -2.12. The first-order valence-corrected chi connectivity index (χ1v) is 15.4. The van der Waals surface area contributed by atoms with E-state index in [-0.39, 0.29) is 34.4 Å². The zero-order valence-electron chi connectivity index (χ0n) is 25.9. The lowest BCUT2D eigenvalue weighted by atomic mass is 9.90. The van der Waals surface area contributed by atoms with Crippen LogP contribution in [0.25, 0.3) is 10.9 Å². The van der Waals surface area contributed by atoms with Gasteiger partial charge in [0, 0.05) is 30.4 Å². The van der Waals surface area contributed by atoms with E-state index in [0.717, 1.165) is 28.0 Å². The summed E-state index contributed by atoms with van der Waals surface area (Å²) in [7, 11) is 1.57. The van der Waals surface area contributed by atoms with E-state index < -0.39 is 23.8 Å². The van der Waals surface area contributed by atoms with Crippen molar-refractivity contribution in [2.75, 3.05) is 17.7 Å². The predicted molar refractivity (Wildman–Crippen MR) is 179 cm³/mol. The number of rotatable bonds is 9. The topological polar surface area (TPSA) is 148 Å². The van der Waals surface area contributed by atoms with E-state index in [4.69, 9.17) is 9.47 Å². The zero-order valence-corrected chi connectivity index (χ0v) is 26.7. The number of hydrogen-bond acceptors (Lipinski definition) is 10. The highest BCUT2D eigenvalue weighted by atomic mass is 32.1. The monoisotopic (exact) mass is 647 g/mol. The molecule has 5 aromatic rings. The van der Waals surface area contributed by atoms with Crippen LogP contribution < -0.4 is 20.1 Å². The van der Waals surface area contributed by atoms with Gasteiger partial charge in [-0.1, -0.05) is 54.1 Å². The molecular weight excluding hydrogens is 618 g/mol. The zero-order chi connectivity index (χ0) is 33.2. The fourth-order valence-electron chi connectivity index (χ4n) is 5.52. The number of methoxy groups -OCH3 is 1. The van der Waals surface area contributed by atoms with E-state index in [1.807, 2.05) is 37.3 Å². The fourth-order valence-corrected chi connectivity index (χ4v) is 6.20. The highest BCUT2D eigenvalue weighted by Gasteiger charge is 2.45. The van der Waals surface area contributed by atoms with E-state index in [1.54, 1.807) is 43.5 Å². The first kappa shape index (κ1) is 31.2. The molecule has 0 saturated heterocycles. The van der Waals surface area contributed by atoms with Gasteiger partial charge in [0.2, 0.25) is 11.8 Å².